The van der Waals surface area contributed by atoms with E-state index in [1.165, 1.54) is 0 Å². The summed E-state index contributed by atoms with van der Waals surface area (Å²) in [4.78, 5) is 12.9. The Labute approximate surface area is 93.4 Å². The van der Waals surface area contributed by atoms with Crippen molar-refractivity contribution in [3.8, 4) is 0 Å². The summed E-state index contributed by atoms with van der Waals surface area (Å²) < 4.78 is 0. The number of rotatable bonds is 2. The van der Waals surface area contributed by atoms with Crippen molar-refractivity contribution in [3.05, 3.63) is 36.4 Å². The summed E-state index contributed by atoms with van der Waals surface area (Å²) in [6, 6.07) is 7.72. The van der Waals surface area contributed by atoms with Crippen molar-refractivity contribution in [1.29, 1.82) is 0 Å². The van der Waals surface area contributed by atoms with Crippen molar-refractivity contribution in [2.45, 2.75) is 0 Å². The summed E-state index contributed by atoms with van der Waals surface area (Å²) in [5.74, 6) is -0.0622. The average molecular weight is 218 g/mol. The Balaban J connectivity index is 2.26. The van der Waals surface area contributed by atoms with Crippen molar-refractivity contribution in [2.24, 2.45) is 0 Å². The van der Waals surface area contributed by atoms with Crippen LogP contribution in [0.25, 0.3) is 6.08 Å². The molecule has 1 aliphatic rings. The lowest BCUT2D eigenvalue weighted by Gasteiger charge is -2.15. The van der Waals surface area contributed by atoms with Gasteiger partial charge in [-0.15, -0.1) is 0 Å². The molecule has 1 saturated heterocycles. The number of carbonyl (C=O) groups is 1. The molecule has 0 atom stereocenters. The minimum Gasteiger partial charge on any atom is -0.309 e. The van der Waals surface area contributed by atoms with Gasteiger partial charge in [-0.25, -0.2) is 0 Å². The molecule has 15 heavy (non-hydrogen) atoms. The molecule has 0 aliphatic carbocycles. The minimum atomic E-state index is -0.0622. The molecule has 1 fully saturated rings. The lowest BCUT2D eigenvalue weighted by atomic mass is 10.2. The number of hydrogen-bond acceptors (Lipinski definition) is 2. The quantitative estimate of drug-likeness (QED) is 0.764. The molecule has 76 valence electrons. The Hall–Kier alpha value is -1.68. The Morgan fingerprint density at radius 2 is 2.07 bits per heavy atom. The summed E-state index contributed by atoms with van der Waals surface area (Å²) in [7, 11) is 0. The van der Waals surface area contributed by atoms with E-state index in [0.717, 1.165) is 11.3 Å². The standard InChI is InChI=1S/C11H10N2OS/c1-2-8-3-5-9(6-4-8)13-7-10(14)12-11(13)15/h2-6H,1,7H2,(H,12,14,15). The zero-order chi connectivity index (χ0) is 10.8. The SMILES string of the molecule is C=Cc1ccc(N2CC(=O)NC2=S)cc1. The van der Waals surface area contributed by atoms with Gasteiger partial charge in [-0.3, -0.25) is 4.79 Å². The highest BCUT2D eigenvalue weighted by Crippen LogP contribution is 2.17. The molecule has 0 bridgehead atoms. The van der Waals surface area contributed by atoms with Crippen LogP contribution >= 0.6 is 12.2 Å². The van der Waals surface area contributed by atoms with Crippen molar-refractivity contribution in [3.63, 3.8) is 0 Å². The zero-order valence-corrected chi connectivity index (χ0v) is 8.88. The van der Waals surface area contributed by atoms with E-state index in [-0.39, 0.29) is 5.91 Å². The molecule has 1 aromatic rings. The first-order chi connectivity index (χ1) is 7.20. The monoisotopic (exact) mass is 218 g/mol. The van der Waals surface area contributed by atoms with Gasteiger partial charge in [0.25, 0.3) is 0 Å². The Bertz CT molecular complexity index is 425. The molecule has 0 radical (unpaired) electrons. The van der Waals surface area contributed by atoms with Crippen LogP contribution in [0, 0.1) is 0 Å². The predicted octanol–water partition coefficient (Wildman–Crippen LogP) is 1.55. The molecular weight excluding hydrogens is 208 g/mol. The van der Waals surface area contributed by atoms with Crippen LogP contribution in [0.5, 0.6) is 0 Å². The second-order valence-corrected chi connectivity index (χ2v) is 3.62. The highest BCUT2D eigenvalue weighted by molar-refractivity contribution is 7.80. The van der Waals surface area contributed by atoms with Crippen LogP contribution in [0.3, 0.4) is 0 Å². The van der Waals surface area contributed by atoms with E-state index < -0.39 is 0 Å². The lowest BCUT2D eigenvalue weighted by molar-refractivity contribution is -0.117. The summed E-state index contributed by atoms with van der Waals surface area (Å²) >= 11 is 5.03. The van der Waals surface area contributed by atoms with Gasteiger partial charge in [0.2, 0.25) is 5.91 Å². The average Bonchev–Trinajstić information content (AvgIpc) is 2.58. The predicted molar refractivity (Wildman–Crippen MR) is 64.6 cm³/mol. The molecule has 1 N–H and O–H groups in total. The second kappa shape index (κ2) is 3.82. The fourth-order valence-electron chi connectivity index (χ4n) is 1.44. The lowest BCUT2D eigenvalue weighted by Crippen LogP contribution is -2.27. The van der Waals surface area contributed by atoms with Gasteiger partial charge in [0.1, 0.15) is 6.54 Å². The first kappa shape index (κ1) is 9.86. The van der Waals surface area contributed by atoms with Gasteiger partial charge in [0.05, 0.1) is 0 Å². The van der Waals surface area contributed by atoms with Crippen LogP contribution in [-0.4, -0.2) is 17.6 Å². The van der Waals surface area contributed by atoms with Gasteiger partial charge in [-0.1, -0.05) is 24.8 Å². The van der Waals surface area contributed by atoms with Gasteiger partial charge >= 0.3 is 0 Å². The molecule has 0 saturated carbocycles. The third kappa shape index (κ3) is 1.89. The van der Waals surface area contributed by atoms with E-state index in [1.54, 1.807) is 11.0 Å². The first-order valence-electron chi connectivity index (χ1n) is 4.54. The van der Waals surface area contributed by atoms with E-state index >= 15 is 0 Å². The second-order valence-electron chi connectivity index (χ2n) is 3.24. The molecule has 3 nitrogen and oxygen atoms in total. The van der Waals surface area contributed by atoms with E-state index in [2.05, 4.69) is 11.9 Å². The third-order valence-corrected chi connectivity index (χ3v) is 2.56. The molecule has 1 heterocycles. The van der Waals surface area contributed by atoms with Gasteiger partial charge in [0, 0.05) is 5.69 Å². The molecule has 1 amide bonds. The van der Waals surface area contributed by atoms with Crippen LogP contribution in [0.15, 0.2) is 30.8 Å². The van der Waals surface area contributed by atoms with Crippen molar-refractivity contribution in [2.75, 3.05) is 11.4 Å². The number of thiocarbonyl (C=S) groups is 1. The minimum absolute atomic E-state index is 0.0622. The number of amides is 1. The number of nitrogens with zero attached hydrogens (tertiary/aromatic N) is 1. The highest BCUT2D eigenvalue weighted by Gasteiger charge is 2.24. The van der Waals surface area contributed by atoms with Crippen LogP contribution in [-0.2, 0) is 4.79 Å². The highest BCUT2D eigenvalue weighted by atomic mass is 32.1. The van der Waals surface area contributed by atoms with Gasteiger partial charge in [-0.2, -0.15) is 0 Å². The van der Waals surface area contributed by atoms with E-state index in [1.807, 2.05) is 24.3 Å². The fourth-order valence-corrected chi connectivity index (χ4v) is 1.72. The van der Waals surface area contributed by atoms with Crippen LogP contribution < -0.4 is 10.2 Å². The largest absolute Gasteiger partial charge is 0.309 e. The molecule has 2 rings (SSSR count). The number of hydrogen-bond donors (Lipinski definition) is 1. The molecule has 1 aliphatic heterocycles. The topological polar surface area (TPSA) is 32.3 Å². The van der Waals surface area contributed by atoms with E-state index in [4.69, 9.17) is 12.2 Å². The number of benzene rings is 1. The summed E-state index contributed by atoms with van der Waals surface area (Å²) in [5, 5.41) is 3.06. The van der Waals surface area contributed by atoms with Crippen molar-refractivity contribution < 1.29 is 4.79 Å². The smallest absolute Gasteiger partial charge is 0.246 e. The molecule has 4 heteroatoms. The summed E-state index contributed by atoms with van der Waals surface area (Å²) in [6.45, 7) is 3.98. The first-order valence-corrected chi connectivity index (χ1v) is 4.95. The van der Waals surface area contributed by atoms with Crippen molar-refractivity contribution >= 4 is 35.0 Å². The van der Waals surface area contributed by atoms with Gasteiger partial charge in [0.15, 0.2) is 5.11 Å². The number of carbonyl (C=O) groups excluding carboxylic acids is 1. The fraction of sp³-hybridized carbons (Fsp3) is 0.0909. The Morgan fingerprint density at radius 3 is 2.53 bits per heavy atom. The van der Waals surface area contributed by atoms with E-state index in [9.17, 15) is 4.79 Å². The number of anilines is 1. The Morgan fingerprint density at radius 1 is 1.40 bits per heavy atom. The molecule has 0 unspecified atom stereocenters. The molecular formula is C11H10N2OS. The molecule has 1 aromatic carbocycles. The maximum Gasteiger partial charge on any atom is 0.246 e. The van der Waals surface area contributed by atoms with E-state index in [0.29, 0.717) is 11.7 Å². The number of nitrogens with one attached hydrogen (secondary N) is 1. The van der Waals surface area contributed by atoms with Crippen molar-refractivity contribution in [1.82, 2.24) is 5.32 Å². The maximum absolute atomic E-state index is 11.1. The van der Waals surface area contributed by atoms with Gasteiger partial charge < -0.3 is 10.2 Å². The zero-order valence-electron chi connectivity index (χ0n) is 8.06. The Kier molecular flexibility index (Phi) is 2.51. The summed E-state index contributed by atoms with van der Waals surface area (Å²) in [5.41, 5.74) is 1.96. The molecule has 0 spiro atoms. The van der Waals surface area contributed by atoms with Crippen LogP contribution in [0.1, 0.15) is 5.56 Å². The van der Waals surface area contributed by atoms with Gasteiger partial charge in [-0.05, 0) is 29.9 Å². The normalized spacial score (nSPS) is 15.3. The summed E-state index contributed by atoms with van der Waals surface area (Å²) in [6.07, 6.45) is 1.77. The van der Waals surface area contributed by atoms with Crippen LogP contribution in [0.4, 0.5) is 5.69 Å². The maximum atomic E-state index is 11.1. The third-order valence-electron chi connectivity index (χ3n) is 2.23. The van der Waals surface area contributed by atoms with Crippen LogP contribution in [0.2, 0.25) is 0 Å². The molecule has 0 aromatic heterocycles.